The molecule has 7 heteroatoms. The molecule has 0 amide bonds. The van der Waals surface area contributed by atoms with Crippen LogP contribution in [0.25, 0.3) is 21.3 Å². The highest BCUT2D eigenvalue weighted by atomic mass is 32.1. The molecule has 1 aromatic carbocycles. The van der Waals surface area contributed by atoms with Crippen LogP contribution in [0.15, 0.2) is 35.7 Å². The zero-order chi connectivity index (χ0) is 19.1. The molecule has 0 aliphatic carbocycles. The highest BCUT2D eigenvalue weighted by molar-refractivity contribution is 7.17. The van der Waals surface area contributed by atoms with Crippen LogP contribution >= 0.6 is 11.3 Å². The van der Waals surface area contributed by atoms with Gasteiger partial charge in [-0.05, 0) is 32.3 Å². The SMILES string of the molecule is Cc1nc(NC(C)c2nnc3n2CCCC3)c2c(-c3ccccc3)csc2n1. The van der Waals surface area contributed by atoms with Crippen molar-refractivity contribution in [2.24, 2.45) is 0 Å². The molecule has 1 N–H and O–H groups in total. The Kier molecular flexibility index (Phi) is 4.31. The minimum Gasteiger partial charge on any atom is -0.360 e. The van der Waals surface area contributed by atoms with E-state index in [1.54, 1.807) is 11.3 Å². The van der Waals surface area contributed by atoms with Crippen molar-refractivity contribution in [1.29, 1.82) is 0 Å². The zero-order valence-corrected chi connectivity index (χ0v) is 16.8. The van der Waals surface area contributed by atoms with Gasteiger partial charge in [0.15, 0.2) is 5.82 Å². The summed E-state index contributed by atoms with van der Waals surface area (Å²) in [5, 5.41) is 15.7. The van der Waals surface area contributed by atoms with Gasteiger partial charge in [0.2, 0.25) is 0 Å². The molecule has 0 radical (unpaired) electrons. The summed E-state index contributed by atoms with van der Waals surface area (Å²) in [4.78, 5) is 10.4. The fraction of sp³-hybridized carbons (Fsp3) is 0.333. The first kappa shape index (κ1) is 17.3. The van der Waals surface area contributed by atoms with Crippen LogP contribution < -0.4 is 5.32 Å². The molecule has 0 fully saturated rings. The molecule has 0 spiro atoms. The number of rotatable bonds is 4. The normalized spacial score (nSPS) is 14.8. The number of nitrogens with zero attached hydrogens (tertiary/aromatic N) is 5. The van der Waals surface area contributed by atoms with E-state index in [2.05, 4.69) is 61.6 Å². The maximum atomic E-state index is 4.75. The molecule has 1 unspecified atom stereocenters. The van der Waals surface area contributed by atoms with Crippen LogP contribution in [0.4, 0.5) is 5.82 Å². The summed E-state index contributed by atoms with van der Waals surface area (Å²) in [7, 11) is 0. The van der Waals surface area contributed by atoms with E-state index in [9.17, 15) is 0 Å². The average Bonchev–Trinajstić information content (AvgIpc) is 3.33. The van der Waals surface area contributed by atoms with Crippen LogP contribution in [0, 0.1) is 6.92 Å². The molecule has 1 aliphatic rings. The second kappa shape index (κ2) is 6.98. The van der Waals surface area contributed by atoms with Crippen molar-refractivity contribution < 1.29 is 0 Å². The van der Waals surface area contributed by atoms with E-state index < -0.39 is 0 Å². The maximum Gasteiger partial charge on any atom is 0.155 e. The lowest BCUT2D eigenvalue weighted by atomic mass is 10.1. The predicted octanol–water partition coefficient (Wildman–Crippen LogP) is 4.77. The van der Waals surface area contributed by atoms with Gasteiger partial charge in [0.05, 0.1) is 11.4 Å². The van der Waals surface area contributed by atoms with Gasteiger partial charge in [0.1, 0.15) is 22.3 Å². The monoisotopic (exact) mass is 390 g/mol. The number of anilines is 1. The van der Waals surface area contributed by atoms with Crippen molar-refractivity contribution in [2.45, 2.75) is 45.7 Å². The first-order valence-electron chi connectivity index (χ1n) is 9.70. The molecule has 0 bridgehead atoms. The van der Waals surface area contributed by atoms with Gasteiger partial charge in [-0.2, -0.15) is 0 Å². The van der Waals surface area contributed by atoms with Gasteiger partial charge >= 0.3 is 0 Å². The third-order valence-electron chi connectivity index (χ3n) is 5.26. The first-order valence-corrected chi connectivity index (χ1v) is 10.6. The van der Waals surface area contributed by atoms with Gasteiger partial charge < -0.3 is 9.88 Å². The number of hydrogen-bond acceptors (Lipinski definition) is 6. The molecule has 4 aromatic rings. The second-order valence-corrected chi connectivity index (χ2v) is 8.12. The van der Waals surface area contributed by atoms with E-state index in [1.807, 2.05) is 13.0 Å². The van der Waals surface area contributed by atoms with Gasteiger partial charge in [0.25, 0.3) is 0 Å². The fourth-order valence-electron chi connectivity index (χ4n) is 3.90. The van der Waals surface area contributed by atoms with Crippen molar-refractivity contribution in [3.05, 3.63) is 53.2 Å². The topological polar surface area (TPSA) is 68.5 Å². The van der Waals surface area contributed by atoms with Crippen LogP contribution in [0.1, 0.15) is 43.3 Å². The third kappa shape index (κ3) is 2.96. The molecule has 5 rings (SSSR count). The Labute approximate surface area is 167 Å². The van der Waals surface area contributed by atoms with Gasteiger partial charge in [-0.3, -0.25) is 0 Å². The molecule has 28 heavy (non-hydrogen) atoms. The highest BCUT2D eigenvalue weighted by Crippen LogP contribution is 2.38. The van der Waals surface area contributed by atoms with Crippen LogP contribution in [-0.4, -0.2) is 24.7 Å². The number of hydrogen-bond donors (Lipinski definition) is 1. The van der Waals surface area contributed by atoms with Crippen LogP contribution in [-0.2, 0) is 13.0 Å². The summed E-state index contributed by atoms with van der Waals surface area (Å²) in [6.45, 7) is 5.06. The van der Waals surface area contributed by atoms with E-state index in [1.165, 1.54) is 24.0 Å². The van der Waals surface area contributed by atoms with E-state index in [4.69, 9.17) is 4.98 Å². The number of aryl methyl sites for hydroxylation is 2. The summed E-state index contributed by atoms with van der Waals surface area (Å²) in [5.41, 5.74) is 2.34. The van der Waals surface area contributed by atoms with E-state index in [0.717, 1.165) is 46.5 Å². The summed E-state index contributed by atoms with van der Waals surface area (Å²) in [6.07, 6.45) is 3.39. The number of nitrogens with one attached hydrogen (secondary N) is 1. The average molecular weight is 391 g/mol. The van der Waals surface area contributed by atoms with E-state index in [0.29, 0.717) is 0 Å². The van der Waals surface area contributed by atoms with Crippen LogP contribution in [0.3, 0.4) is 0 Å². The summed E-state index contributed by atoms with van der Waals surface area (Å²) < 4.78 is 2.26. The molecule has 4 heterocycles. The number of fused-ring (bicyclic) bond motifs is 2. The largest absolute Gasteiger partial charge is 0.360 e. The summed E-state index contributed by atoms with van der Waals surface area (Å²) in [6, 6.07) is 10.4. The van der Waals surface area contributed by atoms with Crippen molar-refractivity contribution >= 4 is 27.4 Å². The van der Waals surface area contributed by atoms with E-state index >= 15 is 0 Å². The van der Waals surface area contributed by atoms with Gasteiger partial charge in [-0.15, -0.1) is 21.5 Å². The molecule has 0 saturated carbocycles. The Bertz CT molecular complexity index is 1130. The van der Waals surface area contributed by atoms with Gasteiger partial charge in [-0.1, -0.05) is 30.3 Å². The Morgan fingerprint density at radius 1 is 1.11 bits per heavy atom. The molecule has 142 valence electrons. The lowest BCUT2D eigenvalue weighted by Gasteiger charge is -2.19. The van der Waals surface area contributed by atoms with Crippen LogP contribution in [0.5, 0.6) is 0 Å². The lowest BCUT2D eigenvalue weighted by molar-refractivity contribution is 0.500. The zero-order valence-electron chi connectivity index (χ0n) is 16.0. The van der Waals surface area contributed by atoms with E-state index in [-0.39, 0.29) is 6.04 Å². The summed E-state index contributed by atoms with van der Waals surface area (Å²) in [5.74, 6) is 3.71. The van der Waals surface area contributed by atoms with Crippen molar-refractivity contribution in [3.63, 3.8) is 0 Å². The molecule has 6 nitrogen and oxygen atoms in total. The molecule has 0 saturated heterocycles. The Balaban J connectivity index is 1.57. The quantitative estimate of drug-likeness (QED) is 0.544. The fourth-order valence-corrected chi connectivity index (χ4v) is 4.90. The Morgan fingerprint density at radius 2 is 1.96 bits per heavy atom. The second-order valence-electron chi connectivity index (χ2n) is 7.26. The molecule has 3 aromatic heterocycles. The van der Waals surface area contributed by atoms with Crippen molar-refractivity contribution in [1.82, 2.24) is 24.7 Å². The minimum absolute atomic E-state index is 0.0142. The number of thiophene rings is 1. The first-order chi connectivity index (χ1) is 13.7. The van der Waals surface area contributed by atoms with Crippen molar-refractivity contribution in [3.8, 4) is 11.1 Å². The molecule has 1 atom stereocenters. The maximum absolute atomic E-state index is 4.75. The summed E-state index contributed by atoms with van der Waals surface area (Å²) >= 11 is 1.66. The Morgan fingerprint density at radius 3 is 2.82 bits per heavy atom. The smallest absolute Gasteiger partial charge is 0.155 e. The molecule has 1 aliphatic heterocycles. The van der Waals surface area contributed by atoms with Crippen molar-refractivity contribution in [2.75, 3.05) is 5.32 Å². The third-order valence-corrected chi connectivity index (χ3v) is 6.13. The highest BCUT2D eigenvalue weighted by Gasteiger charge is 2.22. The van der Waals surface area contributed by atoms with Gasteiger partial charge in [0, 0.05) is 23.9 Å². The molecular formula is C21H22N6S. The lowest BCUT2D eigenvalue weighted by Crippen LogP contribution is -2.18. The predicted molar refractivity (Wildman–Crippen MR) is 113 cm³/mol. The standard InChI is InChI=1S/C21H22N6S/c1-13(20-26-25-17-10-6-7-11-27(17)20)22-19-18-16(15-8-4-3-5-9-15)12-28-21(18)24-14(2)23-19/h3-5,8-9,12-13H,6-7,10-11H2,1-2H3,(H,22,23,24). The van der Waals surface area contributed by atoms with Crippen LogP contribution in [0.2, 0.25) is 0 Å². The minimum atomic E-state index is 0.0142. The number of aromatic nitrogens is 5. The Hall–Kier alpha value is -2.80. The van der Waals surface area contributed by atoms with Gasteiger partial charge in [-0.25, -0.2) is 9.97 Å². The molecular weight excluding hydrogens is 368 g/mol. The number of benzene rings is 1.